The van der Waals surface area contributed by atoms with Crippen molar-refractivity contribution in [3.63, 3.8) is 0 Å². The highest BCUT2D eigenvalue weighted by atomic mass is 15.3. The second-order valence-electron chi connectivity index (χ2n) is 4.46. The molecule has 2 aliphatic heterocycles. The first kappa shape index (κ1) is 10.9. The van der Waals surface area contributed by atoms with Gasteiger partial charge in [-0.3, -0.25) is 4.90 Å². The van der Waals surface area contributed by atoms with Crippen molar-refractivity contribution in [3.8, 4) is 6.07 Å². The Hall–Kier alpha value is -0.630. The maximum absolute atomic E-state index is 8.44. The molecule has 4 nitrogen and oxygen atoms in total. The van der Waals surface area contributed by atoms with E-state index in [0.29, 0.717) is 6.42 Å². The fourth-order valence-electron chi connectivity index (χ4n) is 2.39. The molecule has 0 atom stereocenters. The molecule has 2 rings (SSSR count). The minimum Gasteiger partial charge on any atom is -0.314 e. The first-order valence-electron chi connectivity index (χ1n) is 5.94. The molecule has 0 aliphatic carbocycles. The zero-order valence-electron chi connectivity index (χ0n) is 9.28. The van der Waals surface area contributed by atoms with Gasteiger partial charge in [-0.05, 0) is 13.0 Å². The summed E-state index contributed by atoms with van der Waals surface area (Å²) in [5.74, 6) is 0. The van der Waals surface area contributed by atoms with Crippen molar-refractivity contribution in [3.05, 3.63) is 0 Å². The summed E-state index contributed by atoms with van der Waals surface area (Å²) in [6, 6.07) is 2.99. The second-order valence-corrected chi connectivity index (χ2v) is 4.46. The number of nitriles is 1. The van der Waals surface area contributed by atoms with Gasteiger partial charge in [0.2, 0.25) is 0 Å². The van der Waals surface area contributed by atoms with Crippen molar-refractivity contribution in [2.45, 2.75) is 18.9 Å². The number of hydrogen-bond donors (Lipinski definition) is 1. The Bertz CT molecular complexity index is 223. The monoisotopic (exact) mass is 208 g/mol. The Morgan fingerprint density at radius 3 is 2.67 bits per heavy atom. The lowest BCUT2D eigenvalue weighted by Gasteiger charge is -2.46. The molecule has 0 radical (unpaired) electrons. The van der Waals surface area contributed by atoms with Gasteiger partial charge >= 0.3 is 0 Å². The maximum atomic E-state index is 8.44. The third-order valence-electron chi connectivity index (χ3n) is 3.37. The first-order valence-corrected chi connectivity index (χ1v) is 5.94. The highest BCUT2D eigenvalue weighted by Crippen LogP contribution is 2.15. The molecule has 0 unspecified atom stereocenters. The predicted octanol–water partition coefficient (Wildman–Crippen LogP) is -0.120. The lowest BCUT2D eigenvalue weighted by molar-refractivity contribution is 0.0270. The van der Waals surface area contributed by atoms with Gasteiger partial charge < -0.3 is 10.2 Å². The molecule has 2 aliphatic rings. The third kappa shape index (κ3) is 2.91. The molecule has 0 saturated carbocycles. The van der Waals surface area contributed by atoms with Crippen molar-refractivity contribution in [2.24, 2.45) is 0 Å². The molecule has 2 saturated heterocycles. The lowest BCUT2D eigenvalue weighted by atomic mass is 10.1. The highest BCUT2D eigenvalue weighted by molar-refractivity contribution is 4.89. The number of likely N-dealkylation sites (tertiary alicyclic amines) is 1. The van der Waals surface area contributed by atoms with Crippen LogP contribution in [0.4, 0.5) is 0 Å². The van der Waals surface area contributed by atoms with E-state index in [0.717, 1.165) is 32.1 Å². The van der Waals surface area contributed by atoms with Crippen LogP contribution in [0, 0.1) is 11.3 Å². The molecule has 0 spiro atoms. The molecule has 2 fully saturated rings. The molecule has 4 heteroatoms. The molecule has 0 aromatic carbocycles. The number of unbranched alkanes of at least 4 members (excludes halogenated alkanes) is 1. The van der Waals surface area contributed by atoms with E-state index in [1.165, 1.54) is 26.2 Å². The average molecular weight is 208 g/mol. The molecular formula is C11H20N4. The van der Waals surface area contributed by atoms with Crippen molar-refractivity contribution >= 4 is 0 Å². The Morgan fingerprint density at radius 2 is 2.00 bits per heavy atom. The van der Waals surface area contributed by atoms with E-state index in [1.54, 1.807) is 0 Å². The van der Waals surface area contributed by atoms with Crippen LogP contribution >= 0.6 is 0 Å². The number of nitrogens with one attached hydrogen (secondary N) is 1. The largest absolute Gasteiger partial charge is 0.314 e. The van der Waals surface area contributed by atoms with Crippen LogP contribution < -0.4 is 5.32 Å². The predicted molar refractivity (Wildman–Crippen MR) is 59.5 cm³/mol. The van der Waals surface area contributed by atoms with E-state index in [9.17, 15) is 0 Å². The molecule has 0 bridgehead atoms. The normalized spacial score (nSPS) is 24.7. The summed E-state index contributed by atoms with van der Waals surface area (Å²) in [4.78, 5) is 5.06. The van der Waals surface area contributed by atoms with E-state index in [2.05, 4.69) is 21.2 Å². The van der Waals surface area contributed by atoms with Gasteiger partial charge in [0.25, 0.3) is 0 Å². The summed E-state index contributed by atoms with van der Waals surface area (Å²) in [7, 11) is 0. The molecule has 0 amide bonds. The summed E-state index contributed by atoms with van der Waals surface area (Å²) in [6.45, 7) is 8.23. The smallest absolute Gasteiger partial charge is 0.0622 e. The Morgan fingerprint density at radius 1 is 1.27 bits per heavy atom. The van der Waals surface area contributed by atoms with Crippen molar-refractivity contribution in [1.29, 1.82) is 5.26 Å². The number of piperazine rings is 1. The number of nitrogens with zero attached hydrogens (tertiary/aromatic N) is 3. The Labute approximate surface area is 91.8 Å². The van der Waals surface area contributed by atoms with Gasteiger partial charge in [0, 0.05) is 51.7 Å². The zero-order chi connectivity index (χ0) is 10.5. The van der Waals surface area contributed by atoms with Gasteiger partial charge in [-0.15, -0.1) is 0 Å². The van der Waals surface area contributed by atoms with E-state index in [4.69, 9.17) is 5.26 Å². The van der Waals surface area contributed by atoms with Gasteiger partial charge in [-0.25, -0.2) is 0 Å². The minimum absolute atomic E-state index is 0.703. The van der Waals surface area contributed by atoms with Crippen molar-refractivity contribution in [2.75, 3.05) is 45.8 Å². The number of hydrogen-bond acceptors (Lipinski definition) is 4. The summed E-state index contributed by atoms with van der Waals surface area (Å²) in [5, 5.41) is 11.8. The quantitative estimate of drug-likeness (QED) is 0.654. The van der Waals surface area contributed by atoms with E-state index in [1.807, 2.05) is 0 Å². The van der Waals surface area contributed by atoms with E-state index < -0.39 is 0 Å². The zero-order valence-corrected chi connectivity index (χ0v) is 9.28. The first-order chi connectivity index (χ1) is 7.40. The summed E-state index contributed by atoms with van der Waals surface area (Å²) in [6.07, 6.45) is 1.74. The summed E-state index contributed by atoms with van der Waals surface area (Å²) in [5.41, 5.74) is 0. The molecule has 2 heterocycles. The molecule has 84 valence electrons. The highest BCUT2D eigenvalue weighted by Gasteiger charge is 2.31. The van der Waals surface area contributed by atoms with E-state index in [-0.39, 0.29) is 0 Å². The fraction of sp³-hybridized carbons (Fsp3) is 0.909. The van der Waals surface area contributed by atoms with Crippen LogP contribution in [0.1, 0.15) is 12.8 Å². The standard InChI is InChI=1S/C11H20N4/c12-3-1-2-6-14-9-11(10-14)15-7-4-13-5-8-15/h11,13H,1-2,4-10H2. The number of rotatable bonds is 4. The maximum Gasteiger partial charge on any atom is 0.0622 e. The van der Waals surface area contributed by atoms with Crippen LogP contribution in [0.2, 0.25) is 0 Å². The van der Waals surface area contributed by atoms with Crippen LogP contribution in [-0.2, 0) is 0 Å². The van der Waals surface area contributed by atoms with Crippen LogP contribution in [0.15, 0.2) is 0 Å². The Kier molecular flexibility index (Phi) is 3.95. The van der Waals surface area contributed by atoms with Crippen molar-refractivity contribution < 1.29 is 0 Å². The second kappa shape index (κ2) is 5.45. The average Bonchev–Trinajstić information content (AvgIpc) is 2.23. The topological polar surface area (TPSA) is 42.3 Å². The molecular weight excluding hydrogens is 188 g/mol. The molecule has 1 N–H and O–H groups in total. The molecule has 0 aromatic heterocycles. The van der Waals surface area contributed by atoms with Gasteiger partial charge in [-0.1, -0.05) is 0 Å². The van der Waals surface area contributed by atoms with Crippen LogP contribution in [0.5, 0.6) is 0 Å². The summed E-state index contributed by atoms with van der Waals surface area (Å²) < 4.78 is 0. The summed E-state index contributed by atoms with van der Waals surface area (Å²) >= 11 is 0. The van der Waals surface area contributed by atoms with Gasteiger partial charge in [0.1, 0.15) is 0 Å². The lowest BCUT2D eigenvalue weighted by Crippen LogP contribution is -2.62. The SMILES string of the molecule is N#CCCCN1CC(N2CCNCC2)C1. The third-order valence-corrected chi connectivity index (χ3v) is 3.37. The minimum atomic E-state index is 0.703. The molecule has 15 heavy (non-hydrogen) atoms. The van der Waals surface area contributed by atoms with Crippen LogP contribution in [0.25, 0.3) is 0 Å². The van der Waals surface area contributed by atoms with Gasteiger partial charge in [-0.2, -0.15) is 5.26 Å². The van der Waals surface area contributed by atoms with Crippen LogP contribution in [-0.4, -0.2) is 61.7 Å². The Balaban J connectivity index is 1.58. The molecule has 0 aromatic rings. The van der Waals surface area contributed by atoms with Gasteiger partial charge in [0.05, 0.1) is 6.07 Å². The van der Waals surface area contributed by atoms with Crippen molar-refractivity contribution in [1.82, 2.24) is 15.1 Å². The fourth-order valence-corrected chi connectivity index (χ4v) is 2.39. The van der Waals surface area contributed by atoms with E-state index >= 15 is 0 Å². The van der Waals surface area contributed by atoms with Gasteiger partial charge in [0.15, 0.2) is 0 Å². The van der Waals surface area contributed by atoms with Crippen LogP contribution in [0.3, 0.4) is 0 Å².